The third kappa shape index (κ3) is 7.14. The summed E-state index contributed by atoms with van der Waals surface area (Å²) < 4.78 is 11.1. The summed E-state index contributed by atoms with van der Waals surface area (Å²) in [5.74, 6) is 0. The first-order valence-electron chi connectivity index (χ1n) is 12.8. The molecule has 4 rings (SSSR count). The van der Waals surface area contributed by atoms with Crippen LogP contribution >= 0.6 is 34.8 Å². The van der Waals surface area contributed by atoms with E-state index in [9.17, 15) is 9.59 Å². The van der Waals surface area contributed by atoms with Gasteiger partial charge in [0.25, 0.3) is 0 Å². The number of amides is 2. The molecule has 0 spiro atoms. The summed E-state index contributed by atoms with van der Waals surface area (Å²) in [6.45, 7) is 10.5. The highest BCUT2D eigenvalue weighted by molar-refractivity contribution is 6.42. The van der Waals surface area contributed by atoms with Crippen LogP contribution in [0.5, 0.6) is 0 Å². The van der Waals surface area contributed by atoms with E-state index in [1.807, 2.05) is 36.4 Å². The van der Waals surface area contributed by atoms with Crippen LogP contribution in [0.15, 0.2) is 48.5 Å². The van der Waals surface area contributed by atoms with Crippen molar-refractivity contribution in [3.8, 4) is 0 Å². The summed E-state index contributed by atoms with van der Waals surface area (Å²) >= 11 is 18.7. The van der Waals surface area contributed by atoms with Crippen LogP contribution in [0.3, 0.4) is 0 Å². The van der Waals surface area contributed by atoms with Crippen molar-refractivity contribution in [2.75, 3.05) is 11.9 Å². The maximum atomic E-state index is 13.1. The van der Waals surface area contributed by atoms with Crippen LogP contribution in [-0.2, 0) is 15.9 Å². The lowest BCUT2D eigenvalue weighted by atomic mass is 10.0. The van der Waals surface area contributed by atoms with E-state index in [-0.39, 0.29) is 6.54 Å². The first kappa shape index (κ1) is 29.8. The van der Waals surface area contributed by atoms with Gasteiger partial charge in [-0.3, -0.25) is 0 Å². The largest absolute Gasteiger partial charge is 0.443 e. The molecule has 0 aliphatic rings. The Morgan fingerprint density at radius 2 is 1.48 bits per heavy atom. The lowest BCUT2D eigenvalue weighted by molar-refractivity contribution is 0.00172. The van der Waals surface area contributed by atoms with Crippen LogP contribution in [-0.4, -0.2) is 39.8 Å². The average Bonchev–Trinajstić information content (AvgIpc) is 3.18. The first-order valence-corrected chi connectivity index (χ1v) is 13.9. The van der Waals surface area contributed by atoms with Gasteiger partial charge in [-0.1, -0.05) is 40.9 Å². The van der Waals surface area contributed by atoms with E-state index in [4.69, 9.17) is 44.3 Å². The molecule has 40 heavy (non-hydrogen) atoms. The van der Waals surface area contributed by atoms with E-state index < -0.39 is 23.4 Å². The van der Waals surface area contributed by atoms with Crippen molar-refractivity contribution < 1.29 is 19.1 Å². The van der Waals surface area contributed by atoms with Gasteiger partial charge in [0.1, 0.15) is 11.2 Å². The third-order valence-corrected chi connectivity index (χ3v) is 6.83. The van der Waals surface area contributed by atoms with Gasteiger partial charge in [-0.15, -0.1) is 0 Å². The Bertz CT molecular complexity index is 1560. The molecule has 0 atom stereocenters. The van der Waals surface area contributed by atoms with Gasteiger partial charge in [0.15, 0.2) is 0 Å². The second-order valence-electron chi connectivity index (χ2n) is 11.4. The van der Waals surface area contributed by atoms with E-state index in [0.717, 1.165) is 43.6 Å². The molecule has 3 aromatic carbocycles. The van der Waals surface area contributed by atoms with E-state index in [1.54, 1.807) is 53.7 Å². The van der Waals surface area contributed by atoms with Gasteiger partial charge in [0, 0.05) is 44.8 Å². The van der Waals surface area contributed by atoms with Gasteiger partial charge in [-0.05, 0) is 90.4 Å². The molecule has 0 saturated heterocycles. The average molecular weight is 605 g/mol. The molecule has 1 heterocycles. The first-order chi connectivity index (χ1) is 18.6. The quantitative estimate of drug-likeness (QED) is 0.237. The van der Waals surface area contributed by atoms with Crippen LogP contribution in [0.4, 0.5) is 21.0 Å². The number of rotatable bonds is 5. The summed E-state index contributed by atoms with van der Waals surface area (Å²) in [4.78, 5) is 30.7. The molecule has 0 saturated carbocycles. The Morgan fingerprint density at radius 1 is 0.825 bits per heavy atom. The molecule has 0 aliphatic heterocycles. The topological polar surface area (TPSA) is 83.7 Å². The fourth-order valence-electron chi connectivity index (χ4n) is 4.22. The Morgan fingerprint density at radius 3 is 2.08 bits per heavy atom. The van der Waals surface area contributed by atoms with Gasteiger partial charge in [-0.25, -0.2) is 14.5 Å². The number of aromatic nitrogens is 1. The lowest BCUT2D eigenvalue weighted by Gasteiger charge is -2.29. The zero-order chi connectivity index (χ0) is 29.4. The molecule has 0 aliphatic carbocycles. The Hall–Kier alpha value is -3.13. The van der Waals surface area contributed by atoms with Crippen molar-refractivity contribution in [2.45, 2.75) is 59.2 Å². The van der Waals surface area contributed by atoms with Gasteiger partial charge < -0.3 is 19.8 Å². The third-order valence-electron chi connectivity index (χ3n) is 5.86. The van der Waals surface area contributed by atoms with Crippen molar-refractivity contribution in [1.29, 1.82) is 0 Å². The molecule has 2 N–H and O–H groups in total. The molecule has 0 unspecified atom stereocenters. The van der Waals surface area contributed by atoms with Crippen molar-refractivity contribution >= 4 is 80.2 Å². The fourth-order valence-corrected chi connectivity index (χ4v) is 4.69. The minimum absolute atomic E-state index is 0.00904. The molecule has 4 aromatic rings. The second-order valence-corrected chi connectivity index (χ2v) is 12.7. The number of aromatic amines is 1. The number of ether oxygens (including phenoxy) is 2. The zero-order valence-corrected chi connectivity index (χ0v) is 25.5. The number of nitrogens with one attached hydrogen (secondary N) is 2. The SMILES string of the molecule is CC(C)(C)OC(=O)N(CCc1c(Nc2ccc(Cl)c(Cl)c2)ccc2c1[nH]c1ccc(Cl)cc12)C(=O)OC(C)(C)C. The summed E-state index contributed by atoms with van der Waals surface area (Å²) in [7, 11) is 0. The second kappa shape index (κ2) is 11.4. The maximum Gasteiger partial charge on any atom is 0.419 e. The van der Waals surface area contributed by atoms with Crippen LogP contribution in [0, 0.1) is 0 Å². The molecule has 2 amide bonds. The predicted molar refractivity (Wildman–Crippen MR) is 163 cm³/mol. The highest BCUT2D eigenvalue weighted by Crippen LogP contribution is 2.36. The molecule has 212 valence electrons. The number of carbonyl (C=O) groups excluding carboxylic acids is 2. The summed E-state index contributed by atoms with van der Waals surface area (Å²) in [5.41, 5.74) is 2.48. The summed E-state index contributed by atoms with van der Waals surface area (Å²) in [5, 5.41) is 6.80. The van der Waals surface area contributed by atoms with Crippen molar-refractivity contribution in [2.24, 2.45) is 0 Å². The Balaban J connectivity index is 1.78. The molecule has 7 nitrogen and oxygen atoms in total. The van der Waals surface area contributed by atoms with E-state index >= 15 is 0 Å². The van der Waals surface area contributed by atoms with Gasteiger partial charge in [0.2, 0.25) is 0 Å². The number of anilines is 2. The van der Waals surface area contributed by atoms with Crippen LogP contribution in [0.1, 0.15) is 47.1 Å². The number of benzene rings is 3. The van der Waals surface area contributed by atoms with Crippen LogP contribution < -0.4 is 5.32 Å². The predicted octanol–water partition coefficient (Wildman–Crippen LogP) is 9.74. The van der Waals surface area contributed by atoms with E-state index in [2.05, 4.69) is 10.3 Å². The number of carbonyl (C=O) groups is 2. The Kier molecular flexibility index (Phi) is 8.50. The van der Waals surface area contributed by atoms with Crippen LogP contribution in [0.25, 0.3) is 21.8 Å². The lowest BCUT2D eigenvalue weighted by Crippen LogP contribution is -2.44. The molecule has 0 bridgehead atoms. The minimum Gasteiger partial charge on any atom is -0.443 e. The number of halogens is 3. The van der Waals surface area contributed by atoms with Crippen molar-refractivity contribution in [1.82, 2.24) is 9.88 Å². The number of hydrogen-bond acceptors (Lipinski definition) is 5. The summed E-state index contributed by atoms with van der Waals surface area (Å²) in [6.07, 6.45) is -1.27. The Labute approximate surface area is 248 Å². The minimum atomic E-state index is -0.797. The standard InChI is InChI=1S/C30H32Cl3N3O4/c1-29(2,3)39-27(37)36(28(38)40-30(4,5)6)14-13-20-24(34-18-8-10-22(32)23(33)16-18)12-9-19-21-15-17(31)7-11-25(21)35-26(19)20/h7-12,15-16,34-35H,13-14H2,1-6H3. The molecule has 0 fully saturated rings. The summed E-state index contributed by atoms with van der Waals surface area (Å²) in [6, 6.07) is 14.8. The number of hydrogen-bond donors (Lipinski definition) is 2. The fraction of sp³-hybridized carbons (Fsp3) is 0.333. The number of nitrogens with zero attached hydrogens (tertiary/aromatic N) is 1. The van der Waals surface area contributed by atoms with E-state index in [1.165, 1.54) is 0 Å². The van der Waals surface area contributed by atoms with Gasteiger partial charge >= 0.3 is 12.2 Å². The van der Waals surface area contributed by atoms with E-state index in [0.29, 0.717) is 21.5 Å². The maximum absolute atomic E-state index is 13.1. The molecule has 1 aromatic heterocycles. The molecule has 10 heteroatoms. The highest BCUT2D eigenvalue weighted by Gasteiger charge is 2.31. The zero-order valence-electron chi connectivity index (χ0n) is 23.2. The van der Waals surface area contributed by atoms with Crippen LogP contribution in [0.2, 0.25) is 15.1 Å². The number of H-pyrrole nitrogens is 1. The van der Waals surface area contributed by atoms with Crippen molar-refractivity contribution in [3.63, 3.8) is 0 Å². The molecular weight excluding hydrogens is 573 g/mol. The number of fused-ring (bicyclic) bond motifs is 3. The smallest absolute Gasteiger partial charge is 0.419 e. The van der Waals surface area contributed by atoms with Crippen molar-refractivity contribution in [3.05, 3.63) is 69.2 Å². The monoisotopic (exact) mass is 603 g/mol. The van der Waals surface area contributed by atoms with Gasteiger partial charge in [-0.2, -0.15) is 0 Å². The highest BCUT2D eigenvalue weighted by atomic mass is 35.5. The normalized spacial score (nSPS) is 12.0. The van der Waals surface area contributed by atoms with Gasteiger partial charge in [0.05, 0.1) is 15.6 Å². The molecular formula is C30H32Cl3N3O4. The number of imide groups is 1. The molecule has 0 radical (unpaired) electrons.